The van der Waals surface area contributed by atoms with Crippen LogP contribution in [0.4, 0.5) is 0 Å². The first-order valence-corrected chi connectivity index (χ1v) is 12.1. The van der Waals surface area contributed by atoms with Crippen LogP contribution in [0, 0.1) is 11.8 Å². The number of methoxy groups -OCH3 is 1. The van der Waals surface area contributed by atoms with Gasteiger partial charge in [-0.25, -0.2) is 4.79 Å². The van der Waals surface area contributed by atoms with Gasteiger partial charge in [-0.05, 0) is 50.3 Å². The predicted octanol–water partition coefficient (Wildman–Crippen LogP) is 3.67. The molecule has 1 aromatic carbocycles. The van der Waals surface area contributed by atoms with Crippen LogP contribution in [-0.2, 0) is 28.6 Å². The third-order valence-electron chi connectivity index (χ3n) is 6.31. The van der Waals surface area contributed by atoms with Crippen LogP contribution < -0.4 is 10.1 Å². The van der Waals surface area contributed by atoms with Gasteiger partial charge in [-0.2, -0.15) is 0 Å². The fraction of sp³-hybridized carbons (Fsp3) is 0.519. The predicted molar refractivity (Wildman–Crippen MR) is 130 cm³/mol. The highest BCUT2D eigenvalue weighted by Crippen LogP contribution is 2.45. The monoisotopic (exact) mass is 485 g/mol. The van der Waals surface area contributed by atoms with Crippen LogP contribution in [0.1, 0.15) is 52.0 Å². The maximum atomic E-state index is 13.7. The molecule has 1 aliphatic carbocycles. The molecule has 0 radical (unpaired) electrons. The van der Waals surface area contributed by atoms with Crippen LogP contribution in [0.5, 0.6) is 5.75 Å². The number of allylic oxidation sites excluding steroid dienone is 3. The average Bonchev–Trinajstić information content (AvgIpc) is 2.84. The second kappa shape index (κ2) is 12.0. The van der Waals surface area contributed by atoms with Gasteiger partial charge >= 0.3 is 11.9 Å². The summed E-state index contributed by atoms with van der Waals surface area (Å²) >= 11 is 0. The van der Waals surface area contributed by atoms with Crippen LogP contribution >= 0.6 is 0 Å². The first-order chi connectivity index (χ1) is 16.8. The van der Waals surface area contributed by atoms with E-state index in [0.29, 0.717) is 42.2 Å². The minimum atomic E-state index is -0.927. The molecule has 1 aliphatic heterocycles. The lowest BCUT2D eigenvalue weighted by Crippen LogP contribution is -2.43. The summed E-state index contributed by atoms with van der Waals surface area (Å²) in [5, 5.41) is 3.26. The fourth-order valence-corrected chi connectivity index (χ4v) is 4.68. The minimum absolute atomic E-state index is 0.0988. The molecule has 3 atom stereocenters. The number of ether oxygens (including phenoxy) is 4. The SMILES string of the molecule is CCCOc1ccc([C@@H]2C(C(=O)OCCOCC)=C(C)NC3=C2C(=O)[C@@H](C(=O)OC)[C@@H](C)C3)cc1. The Morgan fingerprint density at radius 3 is 2.43 bits per heavy atom. The zero-order valence-electron chi connectivity index (χ0n) is 21.1. The van der Waals surface area contributed by atoms with Gasteiger partial charge in [0, 0.05) is 29.5 Å². The largest absolute Gasteiger partial charge is 0.494 e. The number of benzene rings is 1. The number of hydrogen-bond donors (Lipinski definition) is 1. The molecule has 35 heavy (non-hydrogen) atoms. The molecule has 1 heterocycles. The zero-order chi connectivity index (χ0) is 25.5. The van der Waals surface area contributed by atoms with Crippen molar-refractivity contribution in [2.45, 2.75) is 46.5 Å². The van der Waals surface area contributed by atoms with Crippen molar-refractivity contribution in [3.8, 4) is 5.75 Å². The van der Waals surface area contributed by atoms with Crippen LogP contribution in [-0.4, -0.2) is 51.3 Å². The molecule has 1 aromatic rings. The first kappa shape index (κ1) is 26.5. The van der Waals surface area contributed by atoms with E-state index in [-0.39, 0.29) is 24.9 Å². The number of hydrogen-bond acceptors (Lipinski definition) is 8. The van der Waals surface area contributed by atoms with E-state index in [2.05, 4.69) is 5.32 Å². The highest BCUT2D eigenvalue weighted by Gasteiger charge is 2.47. The highest BCUT2D eigenvalue weighted by molar-refractivity contribution is 6.12. The van der Waals surface area contributed by atoms with Crippen LogP contribution in [0.2, 0.25) is 0 Å². The second-order valence-electron chi connectivity index (χ2n) is 8.79. The molecule has 0 amide bonds. The fourth-order valence-electron chi connectivity index (χ4n) is 4.68. The summed E-state index contributed by atoms with van der Waals surface area (Å²) < 4.78 is 21.4. The number of carbonyl (C=O) groups is 3. The van der Waals surface area contributed by atoms with E-state index in [1.807, 2.05) is 45.0 Å². The summed E-state index contributed by atoms with van der Waals surface area (Å²) in [6.45, 7) is 9.05. The smallest absolute Gasteiger partial charge is 0.336 e. The van der Waals surface area contributed by atoms with Crippen LogP contribution in [0.15, 0.2) is 46.8 Å². The Balaban J connectivity index is 2.04. The Kier molecular flexibility index (Phi) is 9.09. The molecule has 190 valence electrons. The summed E-state index contributed by atoms with van der Waals surface area (Å²) in [6.07, 6.45) is 1.37. The van der Waals surface area contributed by atoms with Crippen molar-refractivity contribution in [2.75, 3.05) is 33.5 Å². The normalized spacial score (nSPS) is 21.9. The Morgan fingerprint density at radius 1 is 1.09 bits per heavy atom. The second-order valence-corrected chi connectivity index (χ2v) is 8.79. The quantitative estimate of drug-likeness (QED) is 0.304. The maximum Gasteiger partial charge on any atom is 0.336 e. The molecule has 0 bridgehead atoms. The summed E-state index contributed by atoms with van der Waals surface area (Å²) in [5.74, 6) is -2.57. The number of dihydropyridines is 1. The van der Waals surface area contributed by atoms with Crippen LogP contribution in [0.3, 0.4) is 0 Å². The molecule has 2 aliphatic rings. The van der Waals surface area contributed by atoms with Crippen molar-refractivity contribution >= 4 is 17.7 Å². The van der Waals surface area contributed by atoms with Gasteiger partial charge < -0.3 is 24.3 Å². The Labute approximate surface area is 206 Å². The highest BCUT2D eigenvalue weighted by atomic mass is 16.6. The molecule has 0 fully saturated rings. The maximum absolute atomic E-state index is 13.7. The van der Waals surface area contributed by atoms with Crippen LogP contribution in [0.25, 0.3) is 0 Å². The average molecular weight is 486 g/mol. The Bertz CT molecular complexity index is 1010. The molecule has 0 aromatic heterocycles. The van der Waals surface area contributed by atoms with Crippen molar-refractivity contribution in [3.05, 3.63) is 52.4 Å². The van der Waals surface area contributed by atoms with Gasteiger partial charge in [-0.15, -0.1) is 0 Å². The van der Waals surface area contributed by atoms with Crippen molar-refractivity contribution in [1.29, 1.82) is 0 Å². The molecule has 8 heteroatoms. The van der Waals surface area contributed by atoms with Crippen molar-refractivity contribution in [2.24, 2.45) is 11.8 Å². The number of Topliss-reactive ketones (excluding diaryl/α,β-unsaturated/α-hetero) is 1. The number of ketones is 1. The topological polar surface area (TPSA) is 100 Å². The van der Waals surface area contributed by atoms with Gasteiger partial charge in [-0.1, -0.05) is 26.0 Å². The van der Waals surface area contributed by atoms with Gasteiger partial charge in [0.05, 0.1) is 25.9 Å². The molecular weight excluding hydrogens is 450 g/mol. The molecular formula is C27H35NO7. The lowest BCUT2D eigenvalue weighted by molar-refractivity contribution is -0.151. The molecule has 8 nitrogen and oxygen atoms in total. The third kappa shape index (κ3) is 5.75. The third-order valence-corrected chi connectivity index (χ3v) is 6.31. The molecule has 3 rings (SSSR count). The molecule has 1 N–H and O–H groups in total. The molecule has 0 saturated heterocycles. The van der Waals surface area contributed by atoms with Gasteiger partial charge in [0.25, 0.3) is 0 Å². The Morgan fingerprint density at radius 2 is 1.80 bits per heavy atom. The number of esters is 2. The first-order valence-electron chi connectivity index (χ1n) is 12.1. The van der Waals surface area contributed by atoms with Crippen molar-refractivity contribution < 1.29 is 33.3 Å². The van der Waals surface area contributed by atoms with E-state index in [1.54, 1.807) is 6.92 Å². The summed E-state index contributed by atoms with van der Waals surface area (Å²) in [5.41, 5.74) is 2.84. The summed E-state index contributed by atoms with van der Waals surface area (Å²) in [7, 11) is 1.28. The lowest BCUT2D eigenvalue weighted by atomic mass is 9.69. The number of nitrogens with one attached hydrogen (secondary N) is 1. The molecule has 0 saturated carbocycles. The number of carbonyl (C=O) groups excluding carboxylic acids is 3. The van der Waals surface area contributed by atoms with Crippen molar-refractivity contribution in [1.82, 2.24) is 5.32 Å². The van der Waals surface area contributed by atoms with E-state index >= 15 is 0 Å². The lowest BCUT2D eigenvalue weighted by Gasteiger charge is -2.38. The van der Waals surface area contributed by atoms with E-state index in [4.69, 9.17) is 18.9 Å². The Hall–Kier alpha value is -3.13. The summed E-state index contributed by atoms with van der Waals surface area (Å²) in [4.78, 5) is 39.5. The minimum Gasteiger partial charge on any atom is -0.494 e. The molecule has 0 spiro atoms. The van der Waals surface area contributed by atoms with Gasteiger partial charge in [-0.3, -0.25) is 9.59 Å². The van der Waals surface area contributed by atoms with E-state index in [0.717, 1.165) is 17.7 Å². The van der Waals surface area contributed by atoms with E-state index in [9.17, 15) is 14.4 Å². The standard InChI is InChI=1S/C27H35NO7/c1-6-12-34-19-10-8-18(9-11-19)23-22(27(31)35-14-13-33-7-2)17(4)28-20-15-16(3)21(26(30)32-5)25(29)24(20)23/h8-11,16,21,23,28H,6-7,12-15H2,1-5H3/t16-,21-,23+/m0/s1. The van der Waals surface area contributed by atoms with Gasteiger partial charge in [0.15, 0.2) is 5.78 Å². The molecule has 0 unspecified atom stereocenters. The van der Waals surface area contributed by atoms with E-state index in [1.165, 1.54) is 7.11 Å². The van der Waals surface area contributed by atoms with Crippen molar-refractivity contribution in [3.63, 3.8) is 0 Å². The zero-order valence-corrected chi connectivity index (χ0v) is 21.1. The van der Waals surface area contributed by atoms with E-state index < -0.39 is 23.8 Å². The number of rotatable bonds is 10. The summed E-state index contributed by atoms with van der Waals surface area (Å²) in [6, 6.07) is 7.36. The van der Waals surface area contributed by atoms with Gasteiger partial charge in [0.2, 0.25) is 0 Å². The van der Waals surface area contributed by atoms with Gasteiger partial charge in [0.1, 0.15) is 18.3 Å².